The van der Waals surface area contributed by atoms with Gasteiger partial charge >= 0.3 is 0 Å². The van der Waals surface area contributed by atoms with Crippen LogP contribution in [0.5, 0.6) is 0 Å². The highest BCUT2D eigenvalue weighted by Gasteiger charge is 2.27. The Balaban J connectivity index is 2.16. The van der Waals surface area contributed by atoms with Crippen LogP contribution in [0.2, 0.25) is 0 Å². The molecule has 1 fully saturated rings. The van der Waals surface area contributed by atoms with Gasteiger partial charge in [0.15, 0.2) is 0 Å². The van der Waals surface area contributed by atoms with E-state index in [0.29, 0.717) is 6.04 Å². The maximum atomic E-state index is 4.74. The van der Waals surface area contributed by atoms with Crippen LogP contribution in [-0.2, 0) is 19.4 Å². The van der Waals surface area contributed by atoms with Crippen LogP contribution < -0.4 is 5.32 Å². The molecule has 1 N–H and O–H groups in total. The summed E-state index contributed by atoms with van der Waals surface area (Å²) in [5.41, 5.74) is 2.57. The SMILES string of the molecule is CCCNC(Cc1c(Br)c(CC)nn1CC)C1CCCS1. The fraction of sp³-hybridized carbons (Fsp3) is 0.812. The van der Waals surface area contributed by atoms with Crippen LogP contribution in [0, 0.1) is 0 Å². The topological polar surface area (TPSA) is 29.9 Å². The summed E-state index contributed by atoms with van der Waals surface area (Å²) in [4.78, 5) is 0. The molecule has 5 heteroatoms. The second-order valence-electron chi connectivity index (χ2n) is 5.69. The number of nitrogens with zero attached hydrogens (tertiary/aromatic N) is 2. The zero-order valence-electron chi connectivity index (χ0n) is 13.5. The van der Waals surface area contributed by atoms with Crippen molar-refractivity contribution in [3.8, 4) is 0 Å². The van der Waals surface area contributed by atoms with Crippen molar-refractivity contribution in [2.24, 2.45) is 0 Å². The number of aryl methyl sites for hydroxylation is 2. The number of hydrogen-bond acceptors (Lipinski definition) is 3. The first-order valence-electron chi connectivity index (χ1n) is 8.30. The summed E-state index contributed by atoms with van der Waals surface area (Å²) in [6, 6.07) is 0.570. The third kappa shape index (κ3) is 4.26. The van der Waals surface area contributed by atoms with Gasteiger partial charge < -0.3 is 5.32 Å². The number of halogens is 1. The Morgan fingerprint density at radius 1 is 1.43 bits per heavy atom. The molecular formula is C16H28BrN3S. The van der Waals surface area contributed by atoms with Crippen LogP contribution in [-0.4, -0.2) is 33.4 Å². The van der Waals surface area contributed by atoms with Gasteiger partial charge in [-0.2, -0.15) is 16.9 Å². The third-order valence-corrected chi connectivity index (χ3v) is 6.61. The van der Waals surface area contributed by atoms with E-state index in [4.69, 9.17) is 5.10 Å². The smallest absolute Gasteiger partial charge is 0.0766 e. The molecule has 3 nitrogen and oxygen atoms in total. The number of aromatic nitrogens is 2. The molecule has 2 atom stereocenters. The Labute approximate surface area is 141 Å². The van der Waals surface area contributed by atoms with Crippen molar-refractivity contribution < 1.29 is 0 Å². The van der Waals surface area contributed by atoms with Crippen molar-refractivity contribution >= 4 is 27.7 Å². The average Bonchev–Trinajstić information content (AvgIpc) is 3.12. The van der Waals surface area contributed by atoms with Gasteiger partial charge in [-0.05, 0) is 60.8 Å². The quantitative estimate of drug-likeness (QED) is 0.745. The van der Waals surface area contributed by atoms with E-state index in [0.717, 1.165) is 31.2 Å². The molecule has 1 aliphatic heterocycles. The summed E-state index contributed by atoms with van der Waals surface area (Å²) in [6.07, 6.45) is 5.99. The van der Waals surface area contributed by atoms with E-state index in [1.54, 1.807) is 0 Å². The number of hydrogen-bond donors (Lipinski definition) is 1. The van der Waals surface area contributed by atoms with E-state index in [1.807, 2.05) is 0 Å². The highest BCUT2D eigenvalue weighted by atomic mass is 79.9. The monoisotopic (exact) mass is 373 g/mol. The molecule has 1 aromatic rings. The van der Waals surface area contributed by atoms with Gasteiger partial charge in [0.1, 0.15) is 0 Å². The lowest BCUT2D eigenvalue weighted by atomic mass is 10.0. The lowest BCUT2D eigenvalue weighted by molar-refractivity contribution is 0.464. The lowest BCUT2D eigenvalue weighted by Gasteiger charge is -2.24. The summed E-state index contributed by atoms with van der Waals surface area (Å²) in [5, 5.41) is 9.28. The van der Waals surface area contributed by atoms with Crippen molar-refractivity contribution in [1.82, 2.24) is 15.1 Å². The van der Waals surface area contributed by atoms with Gasteiger partial charge in [0.05, 0.1) is 15.9 Å². The number of rotatable bonds is 8. The zero-order valence-corrected chi connectivity index (χ0v) is 15.9. The Bertz CT molecular complexity index is 441. The molecule has 2 rings (SSSR count). The van der Waals surface area contributed by atoms with Crippen LogP contribution in [0.1, 0.15) is 51.4 Å². The number of thioether (sulfide) groups is 1. The van der Waals surface area contributed by atoms with Crippen LogP contribution in [0.3, 0.4) is 0 Å². The third-order valence-electron chi connectivity index (χ3n) is 4.18. The standard InChI is InChI=1S/C16H28BrN3S/c1-4-9-18-13(15-8-7-10-21-15)11-14-16(17)12(5-2)19-20(14)6-3/h13,15,18H,4-11H2,1-3H3. The van der Waals surface area contributed by atoms with E-state index in [9.17, 15) is 0 Å². The van der Waals surface area contributed by atoms with E-state index in [1.165, 1.54) is 40.9 Å². The molecule has 1 aromatic heterocycles. The molecule has 2 unspecified atom stereocenters. The molecule has 1 saturated heterocycles. The lowest BCUT2D eigenvalue weighted by Crippen LogP contribution is -2.40. The van der Waals surface area contributed by atoms with Gasteiger partial charge in [-0.25, -0.2) is 0 Å². The molecule has 0 aliphatic carbocycles. The predicted molar refractivity (Wildman–Crippen MR) is 96.2 cm³/mol. The summed E-state index contributed by atoms with van der Waals surface area (Å²) >= 11 is 5.94. The first-order chi connectivity index (χ1) is 10.2. The molecule has 21 heavy (non-hydrogen) atoms. The first kappa shape index (κ1) is 17.4. The molecule has 0 spiro atoms. The van der Waals surface area contributed by atoms with Crippen LogP contribution in [0.4, 0.5) is 0 Å². The fourth-order valence-electron chi connectivity index (χ4n) is 3.01. The van der Waals surface area contributed by atoms with Crippen LogP contribution >= 0.6 is 27.7 Å². The highest BCUT2D eigenvalue weighted by Crippen LogP contribution is 2.32. The van der Waals surface area contributed by atoms with E-state index in [2.05, 4.69) is 58.5 Å². The minimum absolute atomic E-state index is 0.570. The second kappa shape index (κ2) is 8.59. The maximum absolute atomic E-state index is 4.74. The van der Waals surface area contributed by atoms with Gasteiger partial charge in [-0.15, -0.1) is 0 Å². The van der Waals surface area contributed by atoms with E-state index < -0.39 is 0 Å². The van der Waals surface area contributed by atoms with E-state index in [-0.39, 0.29) is 0 Å². The van der Waals surface area contributed by atoms with Gasteiger partial charge in [0.2, 0.25) is 0 Å². The first-order valence-corrected chi connectivity index (χ1v) is 10.1. The minimum Gasteiger partial charge on any atom is -0.312 e. The summed E-state index contributed by atoms with van der Waals surface area (Å²) in [7, 11) is 0. The second-order valence-corrected chi connectivity index (χ2v) is 7.83. The van der Waals surface area contributed by atoms with Crippen LogP contribution in [0.25, 0.3) is 0 Å². The molecule has 120 valence electrons. The molecular weight excluding hydrogens is 346 g/mol. The van der Waals surface area contributed by atoms with Gasteiger partial charge in [0, 0.05) is 24.3 Å². The molecule has 0 aromatic carbocycles. The van der Waals surface area contributed by atoms with Crippen molar-refractivity contribution in [3.63, 3.8) is 0 Å². The predicted octanol–water partition coefficient (Wildman–Crippen LogP) is 4.03. The Hall–Kier alpha value is -0.000000000000000111. The average molecular weight is 374 g/mol. The normalized spacial score (nSPS) is 20.1. The van der Waals surface area contributed by atoms with Crippen LogP contribution in [0.15, 0.2) is 4.47 Å². The Morgan fingerprint density at radius 3 is 2.81 bits per heavy atom. The Kier molecular flexibility index (Phi) is 7.10. The number of nitrogens with one attached hydrogen (secondary N) is 1. The molecule has 0 saturated carbocycles. The maximum Gasteiger partial charge on any atom is 0.0766 e. The van der Waals surface area contributed by atoms with Crippen molar-refractivity contribution in [2.45, 2.75) is 70.7 Å². The van der Waals surface area contributed by atoms with Gasteiger partial charge in [0.25, 0.3) is 0 Å². The molecule has 0 amide bonds. The van der Waals surface area contributed by atoms with Crippen molar-refractivity contribution in [2.75, 3.05) is 12.3 Å². The zero-order chi connectivity index (χ0) is 15.2. The summed E-state index contributed by atoms with van der Waals surface area (Å²) < 4.78 is 3.42. The summed E-state index contributed by atoms with van der Waals surface area (Å²) in [5.74, 6) is 1.32. The fourth-order valence-corrected chi connectivity index (χ4v) is 5.13. The van der Waals surface area contributed by atoms with E-state index >= 15 is 0 Å². The van der Waals surface area contributed by atoms with Crippen molar-refractivity contribution in [3.05, 3.63) is 15.9 Å². The van der Waals surface area contributed by atoms with Gasteiger partial charge in [-0.1, -0.05) is 13.8 Å². The van der Waals surface area contributed by atoms with Crippen molar-refractivity contribution in [1.29, 1.82) is 0 Å². The molecule has 1 aliphatic rings. The summed E-state index contributed by atoms with van der Waals surface area (Å²) in [6.45, 7) is 8.66. The molecule has 0 radical (unpaired) electrons. The Morgan fingerprint density at radius 2 is 2.24 bits per heavy atom. The molecule has 2 heterocycles. The van der Waals surface area contributed by atoms with Gasteiger partial charge in [-0.3, -0.25) is 4.68 Å². The largest absolute Gasteiger partial charge is 0.312 e. The highest BCUT2D eigenvalue weighted by molar-refractivity contribution is 9.10. The minimum atomic E-state index is 0.570. The molecule has 0 bridgehead atoms.